The molecule has 6 heteroatoms. The van der Waals surface area contributed by atoms with Gasteiger partial charge < -0.3 is 20.5 Å². The van der Waals surface area contributed by atoms with Crippen LogP contribution in [0.1, 0.15) is 22.0 Å². The van der Waals surface area contributed by atoms with Crippen LogP contribution in [-0.4, -0.2) is 24.6 Å². The van der Waals surface area contributed by atoms with E-state index in [0.717, 1.165) is 28.0 Å². The van der Waals surface area contributed by atoms with Crippen molar-refractivity contribution in [2.45, 2.75) is 6.04 Å². The monoisotopic (exact) mass is 334 g/mol. The Morgan fingerprint density at radius 2 is 2.32 bits per heavy atom. The number of carbonyl (C=O) groups excluding carboxylic acids is 1. The summed E-state index contributed by atoms with van der Waals surface area (Å²) >= 11 is 0. The van der Waals surface area contributed by atoms with Crippen LogP contribution in [0.4, 0.5) is 5.82 Å². The number of anilines is 1. The number of aromatic nitrogens is 1. The first-order chi connectivity index (χ1) is 12.2. The van der Waals surface area contributed by atoms with Gasteiger partial charge in [-0.05, 0) is 36.4 Å². The van der Waals surface area contributed by atoms with Crippen molar-refractivity contribution in [2.75, 3.05) is 19.0 Å². The lowest BCUT2D eigenvalue weighted by Gasteiger charge is -2.17. The fraction of sp³-hybridized carbons (Fsp3) is 0.158. The molecule has 1 atom stereocenters. The summed E-state index contributed by atoms with van der Waals surface area (Å²) in [5, 5.41) is 4.09. The molecule has 0 aliphatic carbocycles. The number of carbonyl (C=O) groups is 1. The summed E-state index contributed by atoms with van der Waals surface area (Å²) in [7, 11) is 1.62. The first-order valence-corrected chi connectivity index (χ1v) is 7.84. The molecule has 125 valence electrons. The molecule has 1 radical (unpaired) electrons. The summed E-state index contributed by atoms with van der Waals surface area (Å²) in [4.78, 5) is 16.4. The van der Waals surface area contributed by atoms with Crippen molar-refractivity contribution in [3.8, 4) is 11.5 Å². The van der Waals surface area contributed by atoms with Crippen molar-refractivity contribution >= 4 is 22.6 Å². The molecule has 1 aliphatic heterocycles. The second kappa shape index (κ2) is 5.98. The van der Waals surface area contributed by atoms with Crippen molar-refractivity contribution in [3.05, 3.63) is 59.7 Å². The first kappa shape index (κ1) is 15.3. The molecule has 2 aromatic carbocycles. The van der Waals surface area contributed by atoms with E-state index in [2.05, 4.69) is 16.4 Å². The van der Waals surface area contributed by atoms with Crippen LogP contribution in [0.2, 0.25) is 0 Å². The van der Waals surface area contributed by atoms with Crippen molar-refractivity contribution in [2.24, 2.45) is 5.73 Å². The van der Waals surface area contributed by atoms with Gasteiger partial charge in [0.05, 0.1) is 29.8 Å². The van der Waals surface area contributed by atoms with Gasteiger partial charge in [-0.15, -0.1) is 0 Å². The van der Waals surface area contributed by atoms with Gasteiger partial charge in [-0.25, -0.2) is 4.98 Å². The SMILES string of the molecule is COc1cccc2c1C(Nc1nc3cc[c]cc3cc1C(N)=O)CO2. The van der Waals surface area contributed by atoms with Crippen LogP contribution < -0.4 is 20.5 Å². The number of methoxy groups -OCH3 is 1. The smallest absolute Gasteiger partial charge is 0.252 e. The molecular weight excluding hydrogens is 318 g/mol. The van der Waals surface area contributed by atoms with E-state index in [9.17, 15) is 4.79 Å². The maximum Gasteiger partial charge on any atom is 0.252 e. The molecule has 25 heavy (non-hydrogen) atoms. The van der Waals surface area contributed by atoms with Crippen LogP contribution in [0.3, 0.4) is 0 Å². The third-order valence-corrected chi connectivity index (χ3v) is 4.24. The van der Waals surface area contributed by atoms with E-state index >= 15 is 0 Å². The van der Waals surface area contributed by atoms with Crippen molar-refractivity contribution < 1.29 is 14.3 Å². The standard InChI is InChI=1S/C19H16N3O3/c1-24-15-7-4-8-16-17(15)14(10-25-16)22-19-12(18(20)23)9-11-5-2-3-6-13(11)21-19/h3-9,14H,10H2,1H3,(H2,20,23)(H,21,22). The number of pyridine rings is 1. The molecule has 0 fully saturated rings. The van der Waals surface area contributed by atoms with E-state index in [1.165, 1.54) is 0 Å². The van der Waals surface area contributed by atoms with Crippen LogP contribution in [0.25, 0.3) is 10.9 Å². The van der Waals surface area contributed by atoms with Crippen LogP contribution in [-0.2, 0) is 0 Å². The molecule has 2 heterocycles. The van der Waals surface area contributed by atoms with Gasteiger partial charge in [0, 0.05) is 5.39 Å². The zero-order valence-electron chi connectivity index (χ0n) is 13.6. The van der Waals surface area contributed by atoms with Crippen molar-refractivity contribution in [1.29, 1.82) is 0 Å². The maximum absolute atomic E-state index is 11.9. The third kappa shape index (κ3) is 2.61. The summed E-state index contributed by atoms with van der Waals surface area (Å²) in [6.45, 7) is 0.413. The molecule has 0 spiro atoms. The van der Waals surface area contributed by atoms with Gasteiger partial charge in [0.1, 0.15) is 23.9 Å². The molecule has 3 aromatic rings. The van der Waals surface area contributed by atoms with Gasteiger partial charge in [0.2, 0.25) is 0 Å². The average Bonchev–Trinajstić information content (AvgIpc) is 3.04. The Balaban J connectivity index is 1.78. The van der Waals surface area contributed by atoms with E-state index in [1.54, 1.807) is 25.3 Å². The highest BCUT2D eigenvalue weighted by Crippen LogP contribution is 2.41. The number of ether oxygens (including phenoxy) is 2. The fourth-order valence-corrected chi connectivity index (χ4v) is 3.06. The first-order valence-electron chi connectivity index (χ1n) is 7.84. The molecule has 1 aliphatic rings. The van der Waals surface area contributed by atoms with Gasteiger partial charge >= 0.3 is 0 Å². The quantitative estimate of drug-likeness (QED) is 0.766. The number of hydrogen-bond donors (Lipinski definition) is 2. The number of nitrogens with one attached hydrogen (secondary N) is 1. The predicted molar refractivity (Wildman–Crippen MR) is 93.9 cm³/mol. The van der Waals surface area contributed by atoms with Crippen LogP contribution >= 0.6 is 0 Å². The molecule has 1 unspecified atom stereocenters. The molecule has 1 aromatic heterocycles. The summed E-state index contributed by atoms with van der Waals surface area (Å²) in [6.07, 6.45) is 0. The number of hydrogen-bond acceptors (Lipinski definition) is 5. The molecule has 3 N–H and O–H groups in total. The Morgan fingerprint density at radius 1 is 1.44 bits per heavy atom. The predicted octanol–water partition coefficient (Wildman–Crippen LogP) is 2.69. The molecule has 4 rings (SSSR count). The summed E-state index contributed by atoms with van der Waals surface area (Å²) in [5.41, 5.74) is 7.54. The number of fused-ring (bicyclic) bond motifs is 2. The van der Waals surface area contributed by atoms with Crippen molar-refractivity contribution in [3.63, 3.8) is 0 Å². The van der Waals surface area contributed by atoms with E-state index in [1.807, 2.05) is 24.3 Å². The van der Waals surface area contributed by atoms with Crippen LogP contribution in [0, 0.1) is 6.07 Å². The summed E-state index contributed by atoms with van der Waals surface area (Å²) in [6, 6.07) is 15.5. The molecule has 0 saturated carbocycles. The number of benzene rings is 2. The Bertz CT molecular complexity index is 971. The number of primary amides is 1. The molecule has 0 bridgehead atoms. The minimum absolute atomic E-state index is 0.190. The van der Waals surface area contributed by atoms with Crippen LogP contribution in [0.15, 0.2) is 42.5 Å². The Labute approximate surface area is 144 Å². The van der Waals surface area contributed by atoms with Gasteiger partial charge in [0.15, 0.2) is 0 Å². The van der Waals surface area contributed by atoms with Gasteiger partial charge in [-0.2, -0.15) is 0 Å². The highest BCUT2D eigenvalue weighted by Gasteiger charge is 2.29. The zero-order chi connectivity index (χ0) is 17.4. The lowest BCUT2D eigenvalue weighted by Crippen LogP contribution is -2.19. The van der Waals surface area contributed by atoms with Gasteiger partial charge in [0.25, 0.3) is 5.91 Å². The molecular formula is C19H16N3O3. The lowest BCUT2D eigenvalue weighted by atomic mass is 10.1. The Hall–Kier alpha value is -3.28. The normalized spacial score (nSPS) is 15.5. The topological polar surface area (TPSA) is 86.5 Å². The van der Waals surface area contributed by atoms with E-state index in [-0.39, 0.29) is 6.04 Å². The van der Waals surface area contributed by atoms with E-state index < -0.39 is 5.91 Å². The van der Waals surface area contributed by atoms with E-state index in [4.69, 9.17) is 15.2 Å². The minimum Gasteiger partial charge on any atom is -0.496 e. The highest BCUT2D eigenvalue weighted by atomic mass is 16.5. The number of nitrogens with two attached hydrogens (primary N) is 1. The van der Waals surface area contributed by atoms with Crippen LogP contribution in [0.5, 0.6) is 11.5 Å². The van der Waals surface area contributed by atoms with Gasteiger partial charge in [-0.1, -0.05) is 12.1 Å². The maximum atomic E-state index is 11.9. The highest BCUT2D eigenvalue weighted by molar-refractivity contribution is 6.01. The number of amides is 1. The Morgan fingerprint density at radius 3 is 3.12 bits per heavy atom. The summed E-state index contributed by atoms with van der Waals surface area (Å²) < 4.78 is 11.2. The minimum atomic E-state index is -0.542. The second-order valence-electron chi connectivity index (χ2n) is 5.75. The third-order valence-electron chi connectivity index (χ3n) is 4.24. The molecule has 0 saturated heterocycles. The van der Waals surface area contributed by atoms with E-state index in [0.29, 0.717) is 18.0 Å². The average molecular weight is 334 g/mol. The van der Waals surface area contributed by atoms with Gasteiger partial charge in [-0.3, -0.25) is 4.79 Å². The lowest BCUT2D eigenvalue weighted by molar-refractivity contribution is 0.100. The Kier molecular flexibility index (Phi) is 3.65. The summed E-state index contributed by atoms with van der Waals surface area (Å²) in [5.74, 6) is 1.37. The largest absolute Gasteiger partial charge is 0.496 e. The number of rotatable bonds is 4. The molecule has 6 nitrogen and oxygen atoms in total. The fourth-order valence-electron chi connectivity index (χ4n) is 3.06. The molecule has 1 amide bonds. The second-order valence-corrected chi connectivity index (χ2v) is 5.75. The number of nitrogens with zero attached hydrogens (tertiary/aromatic N) is 1. The van der Waals surface area contributed by atoms with Crippen molar-refractivity contribution in [1.82, 2.24) is 4.98 Å². The zero-order valence-corrected chi connectivity index (χ0v) is 13.6.